The highest BCUT2D eigenvalue weighted by molar-refractivity contribution is 7.98. The smallest absolute Gasteiger partial charge is 0.277 e. The summed E-state index contributed by atoms with van der Waals surface area (Å²) in [6.45, 7) is 2.47. The van der Waals surface area contributed by atoms with E-state index >= 15 is 0 Å². The van der Waals surface area contributed by atoms with E-state index in [4.69, 9.17) is 9.15 Å². The van der Waals surface area contributed by atoms with E-state index in [9.17, 15) is 4.79 Å². The highest BCUT2D eigenvalue weighted by atomic mass is 32.2. The van der Waals surface area contributed by atoms with Gasteiger partial charge in [0, 0.05) is 7.05 Å². The van der Waals surface area contributed by atoms with Crippen molar-refractivity contribution in [2.45, 2.75) is 17.9 Å². The second-order valence-corrected chi connectivity index (χ2v) is 7.65. The van der Waals surface area contributed by atoms with E-state index in [1.807, 2.05) is 53.8 Å². The molecule has 0 radical (unpaired) electrons. The molecule has 9 nitrogen and oxygen atoms in total. The average Bonchev–Trinajstić information content (AvgIpc) is 3.44. The molecule has 0 atom stereocenters. The lowest BCUT2D eigenvalue weighted by atomic mass is 10.2. The lowest BCUT2D eigenvalue weighted by Gasteiger charge is -2.07. The van der Waals surface area contributed by atoms with Crippen molar-refractivity contribution in [3.63, 3.8) is 0 Å². The zero-order valence-electron chi connectivity index (χ0n) is 16.8. The number of ether oxygens (including phenoxy) is 1. The molecule has 2 aromatic carbocycles. The van der Waals surface area contributed by atoms with Crippen LogP contribution in [-0.4, -0.2) is 36.0 Å². The van der Waals surface area contributed by atoms with Crippen molar-refractivity contribution in [2.75, 3.05) is 6.61 Å². The minimum absolute atomic E-state index is 0.107. The minimum Gasteiger partial charge on any atom is -0.493 e. The van der Waals surface area contributed by atoms with Crippen LogP contribution >= 0.6 is 11.8 Å². The quantitative estimate of drug-likeness (QED) is 0.375. The second kappa shape index (κ2) is 7.88. The molecule has 5 aromatic rings. The van der Waals surface area contributed by atoms with Gasteiger partial charge in [-0.25, -0.2) is 0 Å². The van der Waals surface area contributed by atoms with E-state index in [-0.39, 0.29) is 5.56 Å². The molecule has 0 aliphatic heterocycles. The standard InChI is InChI=1S/C21H18N6O3S/c1-3-29-16-11-7-5-9-14(16)18-23-25-21(30-18)31-12-17-22-24-20-26(2)19(28)13-8-4-6-10-15(13)27(17)20/h4-11H,3,12H2,1-2H3. The molecule has 0 unspecified atom stereocenters. The van der Waals surface area contributed by atoms with Gasteiger partial charge in [-0.3, -0.25) is 13.8 Å². The first-order valence-corrected chi connectivity index (χ1v) is 10.7. The van der Waals surface area contributed by atoms with E-state index < -0.39 is 0 Å². The Bertz CT molecular complexity index is 1450. The van der Waals surface area contributed by atoms with Gasteiger partial charge in [-0.15, -0.1) is 20.4 Å². The molecule has 0 aliphatic carbocycles. The molecule has 156 valence electrons. The van der Waals surface area contributed by atoms with Crippen LogP contribution in [0.15, 0.2) is 63.0 Å². The Morgan fingerprint density at radius 2 is 1.84 bits per heavy atom. The van der Waals surface area contributed by atoms with Crippen molar-refractivity contribution in [3.8, 4) is 17.2 Å². The lowest BCUT2D eigenvalue weighted by molar-refractivity contribution is 0.340. The Kier molecular flexibility index (Phi) is 4.91. The number of thioether (sulfide) groups is 1. The number of para-hydroxylation sites is 2. The zero-order chi connectivity index (χ0) is 21.4. The Hall–Kier alpha value is -3.66. The summed E-state index contributed by atoms with van der Waals surface area (Å²) >= 11 is 1.35. The summed E-state index contributed by atoms with van der Waals surface area (Å²) in [5.41, 5.74) is 1.40. The van der Waals surface area contributed by atoms with Crippen LogP contribution in [0.5, 0.6) is 5.75 Å². The summed E-state index contributed by atoms with van der Waals surface area (Å²) in [6.07, 6.45) is 0. The fourth-order valence-corrected chi connectivity index (χ4v) is 4.09. The molecule has 0 bridgehead atoms. The monoisotopic (exact) mass is 434 g/mol. The van der Waals surface area contributed by atoms with Crippen molar-refractivity contribution >= 4 is 28.4 Å². The molecular weight excluding hydrogens is 416 g/mol. The van der Waals surface area contributed by atoms with Crippen LogP contribution in [0.3, 0.4) is 0 Å². The van der Waals surface area contributed by atoms with Crippen molar-refractivity contribution in [2.24, 2.45) is 7.05 Å². The molecule has 0 aliphatic rings. The van der Waals surface area contributed by atoms with Crippen molar-refractivity contribution in [3.05, 3.63) is 64.7 Å². The van der Waals surface area contributed by atoms with Crippen LogP contribution in [0.4, 0.5) is 0 Å². The largest absolute Gasteiger partial charge is 0.493 e. The maximum atomic E-state index is 12.6. The first-order valence-electron chi connectivity index (χ1n) is 9.67. The molecule has 3 aromatic heterocycles. The Morgan fingerprint density at radius 3 is 2.71 bits per heavy atom. The first-order chi connectivity index (χ1) is 15.2. The summed E-state index contributed by atoms with van der Waals surface area (Å²) in [4.78, 5) is 12.6. The number of hydrogen-bond acceptors (Lipinski definition) is 8. The zero-order valence-corrected chi connectivity index (χ0v) is 17.7. The third-order valence-electron chi connectivity index (χ3n) is 4.84. The number of aryl methyl sites for hydroxylation is 1. The highest BCUT2D eigenvalue weighted by Gasteiger charge is 2.17. The van der Waals surface area contributed by atoms with Crippen LogP contribution in [0.25, 0.3) is 28.1 Å². The number of benzene rings is 2. The van der Waals surface area contributed by atoms with Crippen LogP contribution in [0, 0.1) is 0 Å². The topological polar surface area (TPSA) is 100 Å². The van der Waals surface area contributed by atoms with Gasteiger partial charge in [0.1, 0.15) is 11.6 Å². The Labute approximate surface area is 180 Å². The predicted molar refractivity (Wildman–Crippen MR) is 116 cm³/mol. The average molecular weight is 434 g/mol. The number of hydrogen-bond donors (Lipinski definition) is 0. The number of fused-ring (bicyclic) bond motifs is 3. The SMILES string of the molecule is CCOc1ccccc1-c1nnc(SCc2nnc3n(C)c(=O)c4ccccc4n23)o1. The predicted octanol–water partition coefficient (Wildman–Crippen LogP) is 3.32. The fraction of sp³-hybridized carbons (Fsp3) is 0.190. The number of nitrogens with zero attached hydrogens (tertiary/aromatic N) is 6. The van der Waals surface area contributed by atoms with E-state index in [2.05, 4.69) is 20.4 Å². The lowest BCUT2D eigenvalue weighted by Crippen LogP contribution is -2.20. The van der Waals surface area contributed by atoms with Gasteiger partial charge in [0.05, 0.1) is 28.8 Å². The van der Waals surface area contributed by atoms with Gasteiger partial charge in [-0.1, -0.05) is 36.0 Å². The van der Waals surface area contributed by atoms with Crippen LogP contribution < -0.4 is 10.3 Å². The third-order valence-corrected chi connectivity index (χ3v) is 5.66. The molecule has 0 N–H and O–H groups in total. The molecule has 5 rings (SSSR count). The van der Waals surface area contributed by atoms with Crippen LogP contribution in [0.2, 0.25) is 0 Å². The normalized spacial score (nSPS) is 11.4. The molecule has 10 heteroatoms. The van der Waals surface area contributed by atoms with Crippen LogP contribution in [-0.2, 0) is 12.8 Å². The molecule has 0 saturated carbocycles. The van der Waals surface area contributed by atoms with Crippen LogP contribution in [0.1, 0.15) is 12.7 Å². The van der Waals surface area contributed by atoms with E-state index in [0.717, 1.165) is 11.1 Å². The highest BCUT2D eigenvalue weighted by Crippen LogP contribution is 2.31. The molecular formula is C21H18N6O3S. The Morgan fingerprint density at radius 1 is 1.03 bits per heavy atom. The first kappa shape index (κ1) is 19.3. The van der Waals surface area contributed by atoms with Gasteiger partial charge in [0.2, 0.25) is 5.78 Å². The Balaban J connectivity index is 1.46. The molecule has 0 amide bonds. The van der Waals surface area contributed by atoms with E-state index in [1.54, 1.807) is 13.1 Å². The van der Waals surface area contributed by atoms with Gasteiger partial charge in [-0.05, 0) is 31.2 Å². The molecule has 31 heavy (non-hydrogen) atoms. The van der Waals surface area contributed by atoms with Gasteiger partial charge in [0.25, 0.3) is 16.7 Å². The fourth-order valence-electron chi connectivity index (χ4n) is 3.41. The van der Waals surface area contributed by atoms with Gasteiger partial charge < -0.3 is 9.15 Å². The number of aromatic nitrogens is 6. The summed E-state index contributed by atoms with van der Waals surface area (Å²) in [5.74, 6) is 2.70. The maximum Gasteiger partial charge on any atom is 0.277 e. The number of rotatable bonds is 6. The molecule has 0 spiro atoms. The van der Waals surface area contributed by atoms with Crippen molar-refractivity contribution < 1.29 is 9.15 Å². The third kappa shape index (κ3) is 3.34. The van der Waals surface area contributed by atoms with Crippen molar-refractivity contribution in [1.82, 2.24) is 29.4 Å². The summed E-state index contributed by atoms with van der Waals surface area (Å²) in [7, 11) is 1.69. The second-order valence-electron chi connectivity index (χ2n) is 6.72. The summed E-state index contributed by atoms with van der Waals surface area (Å²) in [6, 6.07) is 15.0. The summed E-state index contributed by atoms with van der Waals surface area (Å²) in [5, 5.41) is 17.8. The van der Waals surface area contributed by atoms with E-state index in [0.29, 0.717) is 46.2 Å². The summed E-state index contributed by atoms with van der Waals surface area (Å²) < 4.78 is 14.9. The van der Waals surface area contributed by atoms with Gasteiger partial charge in [0.15, 0.2) is 0 Å². The minimum atomic E-state index is -0.107. The van der Waals surface area contributed by atoms with Crippen molar-refractivity contribution in [1.29, 1.82) is 0 Å². The molecule has 3 heterocycles. The maximum absolute atomic E-state index is 12.6. The molecule has 0 fully saturated rings. The van der Waals surface area contributed by atoms with Gasteiger partial charge in [-0.2, -0.15) is 0 Å². The van der Waals surface area contributed by atoms with Gasteiger partial charge >= 0.3 is 0 Å². The molecule has 0 saturated heterocycles. The van der Waals surface area contributed by atoms with E-state index in [1.165, 1.54) is 16.3 Å².